The highest BCUT2D eigenvalue weighted by Crippen LogP contribution is 2.20. The molecule has 0 fully saturated rings. The van der Waals surface area contributed by atoms with E-state index in [1.807, 2.05) is 18.4 Å². The number of thioether (sulfide) groups is 1. The van der Waals surface area contributed by atoms with Crippen molar-refractivity contribution in [2.75, 3.05) is 11.1 Å². The smallest absolute Gasteiger partial charge is 0.235 e. The molecule has 2 heterocycles. The Kier molecular flexibility index (Phi) is 3.80. The SMILES string of the molecule is Cc1cc(NC(=O)CSc2nccs2)n(C)n1. The number of thiazole rings is 1. The first kappa shape index (κ1) is 12.1. The summed E-state index contributed by atoms with van der Waals surface area (Å²) in [5.74, 6) is 1.03. The Bertz CT molecular complexity index is 506. The minimum atomic E-state index is -0.0480. The maximum absolute atomic E-state index is 11.7. The molecule has 7 heteroatoms. The molecular weight excluding hydrogens is 256 g/mol. The van der Waals surface area contributed by atoms with Crippen molar-refractivity contribution in [1.29, 1.82) is 0 Å². The van der Waals surface area contributed by atoms with Crippen LogP contribution in [-0.2, 0) is 11.8 Å². The largest absolute Gasteiger partial charge is 0.310 e. The third-order valence-corrected chi connectivity index (χ3v) is 3.97. The van der Waals surface area contributed by atoms with Crippen LogP contribution in [0.3, 0.4) is 0 Å². The van der Waals surface area contributed by atoms with E-state index in [0.717, 1.165) is 10.0 Å². The van der Waals surface area contributed by atoms with Crippen LogP contribution in [0.2, 0.25) is 0 Å². The minimum Gasteiger partial charge on any atom is -0.310 e. The van der Waals surface area contributed by atoms with Gasteiger partial charge in [-0.2, -0.15) is 5.10 Å². The Morgan fingerprint density at radius 3 is 3.06 bits per heavy atom. The molecule has 0 bridgehead atoms. The molecule has 1 N–H and O–H groups in total. The minimum absolute atomic E-state index is 0.0480. The Balaban J connectivity index is 1.87. The Morgan fingerprint density at radius 1 is 1.65 bits per heavy atom. The summed E-state index contributed by atoms with van der Waals surface area (Å²) in [6.45, 7) is 1.89. The third kappa shape index (κ3) is 3.31. The zero-order valence-corrected chi connectivity index (χ0v) is 11.1. The molecule has 1 amide bonds. The summed E-state index contributed by atoms with van der Waals surface area (Å²) in [7, 11) is 1.80. The molecule has 2 aromatic rings. The number of hydrogen-bond acceptors (Lipinski definition) is 5. The lowest BCUT2D eigenvalue weighted by Gasteiger charge is -2.03. The van der Waals surface area contributed by atoms with Crippen LogP contribution in [0.1, 0.15) is 5.69 Å². The van der Waals surface area contributed by atoms with E-state index in [1.54, 1.807) is 17.9 Å². The van der Waals surface area contributed by atoms with E-state index in [1.165, 1.54) is 23.1 Å². The first-order chi connectivity index (χ1) is 8.15. The van der Waals surface area contributed by atoms with Gasteiger partial charge in [0, 0.05) is 24.7 Å². The van der Waals surface area contributed by atoms with E-state index < -0.39 is 0 Å². The van der Waals surface area contributed by atoms with Crippen molar-refractivity contribution >= 4 is 34.8 Å². The van der Waals surface area contributed by atoms with Crippen molar-refractivity contribution in [1.82, 2.24) is 14.8 Å². The van der Waals surface area contributed by atoms with Crippen LogP contribution >= 0.6 is 23.1 Å². The molecule has 17 heavy (non-hydrogen) atoms. The molecule has 0 saturated carbocycles. The van der Waals surface area contributed by atoms with Crippen LogP contribution in [0.4, 0.5) is 5.82 Å². The molecule has 90 valence electrons. The molecule has 2 rings (SSSR count). The van der Waals surface area contributed by atoms with Crippen LogP contribution in [0.15, 0.2) is 22.0 Å². The van der Waals surface area contributed by atoms with Crippen molar-refractivity contribution in [3.05, 3.63) is 23.3 Å². The number of amides is 1. The summed E-state index contributed by atoms with van der Waals surface area (Å²) in [4.78, 5) is 15.8. The average molecular weight is 268 g/mol. The van der Waals surface area contributed by atoms with Gasteiger partial charge in [-0.3, -0.25) is 9.48 Å². The Labute approximate surface area is 107 Å². The summed E-state index contributed by atoms with van der Waals surface area (Å²) >= 11 is 2.97. The van der Waals surface area contributed by atoms with E-state index >= 15 is 0 Å². The molecule has 0 aliphatic carbocycles. The quantitative estimate of drug-likeness (QED) is 0.861. The number of anilines is 1. The summed E-state index contributed by atoms with van der Waals surface area (Å²) in [5.41, 5.74) is 0.885. The highest BCUT2D eigenvalue weighted by Gasteiger charge is 2.08. The van der Waals surface area contributed by atoms with E-state index in [9.17, 15) is 4.79 Å². The second-order valence-electron chi connectivity index (χ2n) is 3.43. The summed E-state index contributed by atoms with van der Waals surface area (Å²) < 4.78 is 2.56. The van der Waals surface area contributed by atoms with Gasteiger partial charge in [0.15, 0.2) is 0 Å². The number of aryl methyl sites for hydroxylation is 2. The molecule has 0 atom stereocenters. The molecular formula is C10H12N4OS2. The number of nitrogens with one attached hydrogen (secondary N) is 1. The van der Waals surface area contributed by atoms with Gasteiger partial charge in [-0.25, -0.2) is 4.98 Å². The number of rotatable bonds is 4. The lowest BCUT2D eigenvalue weighted by Crippen LogP contribution is -2.16. The van der Waals surface area contributed by atoms with Gasteiger partial charge in [0.05, 0.1) is 11.4 Å². The molecule has 2 aromatic heterocycles. The van der Waals surface area contributed by atoms with Gasteiger partial charge in [0.2, 0.25) is 5.91 Å². The average Bonchev–Trinajstić information content (AvgIpc) is 2.87. The van der Waals surface area contributed by atoms with Crippen molar-refractivity contribution in [3.8, 4) is 0 Å². The zero-order valence-electron chi connectivity index (χ0n) is 9.51. The molecule has 0 saturated heterocycles. The van der Waals surface area contributed by atoms with Crippen LogP contribution in [0.25, 0.3) is 0 Å². The van der Waals surface area contributed by atoms with Crippen LogP contribution < -0.4 is 5.32 Å². The fraction of sp³-hybridized carbons (Fsp3) is 0.300. The van der Waals surface area contributed by atoms with Crippen LogP contribution in [-0.4, -0.2) is 26.4 Å². The first-order valence-corrected chi connectivity index (χ1v) is 6.84. The van der Waals surface area contributed by atoms with Gasteiger partial charge >= 0.3 is 0 Å². The van der Waals surface area contributed by atoms with Crippen molar-refractivity contribution in [2.24, 2.45) is 7.05 Å². The van der Waals surface area contributed by atoms with Gasteiger partial charge in [0.25, 0.3) is 0 Å². The maximum Gasteiger partial charge on any atom is 0.235 e. The van der Waals surface area contributed by atoms with Crippen LogP contribution in [0, 0.1) is 6.92 Å². The number of hydrogen-bond donors (Lipinski definition) is 1. The maximum atomic E-state index is 11.7. The second kappa shape index (κ2) is 5.33. The number of nitrogens with zero attached hydrogens (tertiary/aromatic N) is 3. The summed E-state index contributed by atoms with van der Waals surface area (Å²) in [5, 5.41) is 8.86. The fourth-order valence-electron chi connectivity index (χ4n) is 1.32. The first-order valence-electron chi connectivity index (χ1n) is 4.98. The van der Waals surface area contributed by atoms with Gasteiger partial charge in [-0.1, -0.05) is 11.8 Å². The van der Waals surface area contributed by atoms with Gasteiger partial charge in [0.1, 0.15) is 10.2 Å². The highest BCUT2D eigenvalue weighted by molar-refractivity contribution is 8.01. The van der Waals surface area contributed by atoms with Crippen LogP contribution in [0.5, 0.6) is 0 Å². The molecule has 5 nitrogen and oxygen atoms in total. The molecule has 0 aliphatic rings. The number of carbonyl (C=O) groups excluding carboxylic acids is 1. The fourth-order valence-corrected chi connectivity index (χ4v) is 2.75. The topological polar surface area (TPSA) is 59.8 Å². The predicted octanol–water partition coefficient (Wildman–Crippen LogP) is 1.92. The molecule has 0 aliphatic heterocycles. The third-order valence-electron chi connectivity index (χ3n) is 2.01. The molecule has 0 aromatic carbocycles. The predicted molar refractivity (Wildman–Crippen MR) is 69.4 cm³/mol. The molecule has 0 spiro atoms. The van der Waals surface area contributed by atoms with E-state index in [4.69, 9.17) is 0 Å². The molecule has 0 radical (unpaired) electrons. The monoisotopic (exact) mass is 268 g/mol. The highest BCUT2D eigenvalue weighted by atomic mass is 32.2. The van der Waals surface area contributed by atoms with E-state index in [2.05, 4.69) is 15.4 Å². The number of carbonyl (C=O) groups is 1. The van der Waals surface area contributed by atoms with Gasteiger partial charge < -0.3 is 5.32 Å². The van der Waals surface area contributed by atoms with Gasteiger partial charge in [-0.15, -0.1) is 11.3 Å². The summed E-state index contributed by atoms with van der Waals surface area (Å²) in [6, 6.07) is 1.84. The lowest BCUT2D eigenvalue weighted by molar-refractivity contribution is -0.113. The van der Waals surface area contributed by atoms with Gasteiger partial charge in [-0.05, 0) is 6.92 Å². The number of aromatic nitrogens is 3. The van der Waals surface area contributed by atoms with Crippen molar-refractivity contribution < 1.29 is 4.79 Å². The second-order valence-corrected chi connectivity index (χ2v) is 5.55. The standard InChI is InChI=1S/C10H12N4OS2/c1-7-5-8(14(2)13-7)12-9(15)6-17-10-11-3-4-16-10/h3-5H,6H2,1-2H3,(H,12,15). The Hall–Kier alpha value is -1.34. The van der Waals surface area contributed by atoms with Crippen molar-refractivity contribution in [3.63, 3.8) is 0 Å². The van der Waals surface area contributed by atoms with E-state index in [0.29, 0.717) is 11.6 Å². The lowest BCUT2D eigenvalue weighted by atomic mass is 10.4. The van der Waals surface area contributed by atoms with Crippen molar-refractivity contribution in [2.45, 2.75) is 11.3 Å². The molecule has 0 unspecified atom stereocenters. The Morgan fingerprint density at radius 2 is 2.47 bits per heavy atom. The normalized spacial score (nSPS) is 10.5. The summed E-state index contributed by atoms with van der Waals surface area (Å²) in [6.07, 6.45) is 1.73. The van der Waals surface area contributed by atoms with E-state index in [-0.39, 0.29) is 5.91 Å². The zero-order chi connectivity index (χ0) is 12.3.